The molecule has 6 heteroatoms. The molecule has 72 valence electrons. The standard InChI is InChI=1S/C8H7N3O3/c12-5-2-1-4(6(13)7(5)14)8-9-3-10-11-8/h1-3,12-14H,(H,9,10,11). The molecule has 0 saturated carbocycles. The van der Waals surface area contributed by atoms with Crippen LogP contribution in [-0.4, -0.2) is 30.5 Å². The van der Waals surface area contributed by atoms with Crippen LogP contribution in [0.25, 0.3) is 11.4 Å². The highest BCUT2D eigenvalue weighted by Gasteiger charge is 2.13. The van der Waals surface area contributed by atoms with Gasteiger partial charge in [-0.2, -0.15) is 5.10 Å². The molecular formula is C8H7N3O3. The number of rotatable bonds is 1. The van der Waals surface area contributed by atoms with Gasteiger partial charge < -0.3 is 15.3 Å². The van der Waals surface area contributed by atoms with Crippen LogP contribution in [0, 0.1) is 0 Å². The summed E-state index contributed by atoms with van der Waals surface area (Å²) in [5.74, 6) is -1.07. The minimum atomic E-state index is -0.570. The molecule has 0 aliphatic carbocycles. The lowest BCUT2D eigenvalue weighted by Crippen LogP contribution is -1.82. The topological polar surface area (TPSA) is 102 Å². The van der Waals surface area contributed by atoms with Gasteiger partial charge in [-0.25, -0.2) is 4.98 Å². The Balaban J connectivity index is 2.61. The summed E-state index contributed by atoms with van der Waals surface area (Å²) in [6, 6.07) is 2.68. The Morgan fingerprint density at radius 1 is 1.07 bits per heavy atom. The molecular weight excluding hydrogens is 186 g/mol. The van der Waals surface area contributed by atoms with E-state index in [4.69, 9.17) is 5.11 Å². The minimum absolute atomic E-state index is 0.276. The number of aromatic nitrogens is 3. The van der Waals surface area contributed by atoms with E-state index in [0.717, 1.165) is 0 Å². The van der Waals surface area contributed by atoms with Crippen molar-refractivity contribution >= 4 is 0 Å². The van der Waals surface area contributed by atoms with Crippen LogP contribution in [0.2, 0.25) is 0 Å². The van der Waals surface area contributed by atoms with Crippen molar-refractivity contribution in [2.75, 3.05) is 0 Å². The highest BCUT2D eigenvalue weighted by atomic mass is 16.3. The Morgan fingerprint density at radius 3 is 2.50 bits per heavy atom. The van der Waals surface area contributed by atoms with Gasteiger partial charge in [-0.15, -0.1) is 0 Å². The van der Waals surface area contributed by atoms with Crippen LogP contribution in [0.5, 0.6) is 17.2 Å². The van der Waals surface area contributed by atoms with Crippen molar-refractivity contribution in [3.63, 3.8) is 0 Å². The van der Waals surface area contributed by atoms with Crippen LogP contribution in [0.3, 0.4) is 0 Å². The van der Waals surface area contributed by atoms with Crippen LogP contribution in [0.1, 0.15) is 0 Å². The summed E-state index contributed by atoms with van der Waals surface area (Å²) in [5.41, 5.74) is 0.276. The van der Waals surface area contributed by atoms with E-state index in [1.807, 2.05) is 0 Å². The Hall–Kier alpha value is -2.24. The zero-order chi connectivity index (χ0) is 10.1. The van der Waals surface area contributed by atoms with Gasteiger partial charge in [0.2, 0.25) is 5.75 Å². The molecule has 2 aromatic rings. The molecule has 0 unspecified atom stereocenters. The average molecular weight is 193 g/mol. The molecule has 0 aliphatic rings. The number of H-pyrrole nitrogens is 1. The fourth-order valence-electron chi connectivity index (χ4n) is 1.10. The van der Waals surface area contributed by atoms with E-state index in [2.05, 4.69) is 15.2 Å². The smallest absolute Gasteiger partial charge is 0.201 e. The van der Waals surface area contributed by atoms with Crippen LogP contribution in [-0.2, 0) is 0 Å². The molecule has 0 radical (unpaired) electrons. The number of nitrogens with one attached hydrogen (secondary N) is 1. The largest absolute Gasteiger partial charge is 0.504 e. The Kier molecular flexibility index (Phi) is 1.74. The zero-order valence-electron chi connectivity index (χ0n) is 6.97. The van der Waals surface area contributed by atoms with Crippen molar-refractivity contribution in [3.05, 3.63) is 18.5 Å². The zero-order valence-corrected chi connectivity index (χ0v) is 6.97. The molecule has 0 saturated heterocycles. The summed E-state index contributed by atoms with van der Waals surface area (Å²) in [7, 11) is 0. The predicted octanol–water partition coefficient (Wildman–Crippen LogP) is 0.588. The first kappa shape index (κ1) is 8.36. The summed E-state index contributed by atoms with van der Waals surface area (Å²) in [4.78, 5) is 3.80. The van der Waals surface area contributed by atoms with E-state index in [-0.39, 0.29) is 11.3 Å². The summed E-state index contributed by atoms with van der Waals surface area (Å²) in [5, 5.41) is 33.9. The molecule has 0 atom stereocenters. The average Bonchev–Trinajstić information content (AvgIpc) is 2.67. The van der Waals surface area contributed by atoms with Crippen LogP contribution in [0.4, 0.5) is 0 Å². The van der Waals surface area contributed by atoms with Crippen LogP contribution in [0.15, 0.2) is 18.5 Å². The van der Waals surface area contributed by atoms with E-state index in [0.29, 0.717) is 5.82 Å². The summed E-state index contributed by atoms with van der Waals surface area (Å²) < 4.78 is 0. The molecule has 14 heavy (non-hydrogen) atoms. The van der Waals surface area contributed by atoms with Gasteiger partial charge in [-0.05, 0) is 12.1 Å². The summed E-state index contributed by atoms with van der Waals surface area (Å²) in [6.45, 7) is 0. The molecule has 0 bridgehead atoms. The minimum Gasteiger partial charge on any atom is -0.504 e. The maximum absolute atomic E-state index is 9.45. The van der Waals surface area contributed by atoms with E-state index in [1.54, 1.807) is 0 Å². The van der Waals surface area contributed by atoms with Crippen molar-refractivity contribution in [1.82, 2.24) is 15.2 Å². The monoisotopic (exact) mass is 193 g/mol. The fraction of sp³-hybridized carbons (Fsp3) is 0. The molecule has 0 amide bonds. The third-order valence-electron chi connectivity index (χ3n) is 1.80. The second kappa shape index (κ2) is 2.91. The first-order valence-corrected chi connectivity index (χ1v) is 3.80. The molecule has 1 aromatic heterocycles. The van der Waals surface area contributed by atoms with Gasteiger partial charge >= 0.3 is 0 Å². The first-order valence-electron chi connectivity index (χ1n) is 3.80. The molecule has 1 heterocycles. The number of aromatic hydroxyl groups is 3. The van der Waals surface area contributed by atoms with E-state index in [1.165, 1.54) is 18.5 Å². The maximum atomic E-state index is 9.45. The molecule has 0 fully saturated rings. The van der Waals surface area contributed by atoms with Crippen LogP contribution >= 0.6 is 0 Å². The lowest BCUT2D eigenvalue weighted by atomic mass is 10.1. The van der Waals surface area contributed by atoms with E-state index >= 15 is 0 Å². The molecule has 1 aromatic carbocycles. The highest BCUT2D eigenvalue weighted by molar-refractivity contribution is 5.70. The van der Waals surface area contributed by atoms with Crippen molar-refractivity contribution in [1.29, 1.82) is 0 Å². The maximum Gasteiger partial charge on any atom is 0.201 e. The lowest BCUT2D eigenvalue weighted by molar-refractivity contribution is 0.369. The summed E-state index contributed by atoms with van der Waals surface area (Å²) in [6.07, 6.45) is 1.28. The predicted molar refractivity (Wildman–Crippen MR) is 46.8 cm³/mol. The Morgan fingerprint density at radius 2 is 1.86 bits per heavy atom. The fourth-order valence-corrected chi connectivity index (χ4v) is 1.10. The van der Waals surface area contributed by atoms with Crippen molar-refractivity contribution in [2.24, 2.45) is 0 Å². The van der Waals surface area contributed by atoms with Crippen molar-refractivity contribution in [3.8, 4) is 28.6 Å². The summed E-state index contributed by atoms with van der Waals surface area (Å²) >= 11 is 0. The molecule has 0 spiro atoms. The second-order valence-corrected chi connectivity index (χ2v) is 2.66. The van der Waals surface area contributed by atoms with Gasteiger partial charge in [-0.1, -0.05) is 0 Å². The SMILES string of the molecule is Oc1ccc(-c2ncn[nH]2)c(O)c1O. The van der Waals surface area contributed by atoms with Gasteiger partial charge in [0.1, 0.15) is 6.33 Å². The number of aromatic amines is 1. The second-order valence-electron chi connectivity index (χ2n) is 2.66. The quantitative estimate of drug-likeness (QED) is 0.496. The number of phenols is 3. The van der Waals surface area contributed by atoms with E-state index < -0.39 is 11.5 Å². The third-order valence-corrected chi connectivity index (χ3v) is 1.80. The molecule has 2 rings (SSSR count). The Labute approximate surface area is 78.5 Å². The number of benzene rings is 1. The number of hydrogen-bond donors (Lipinski definition) is 4. The first-order chi connectivity index (χ1) is 6.70. The molecule has 0 aliphatic heterocycles. The van der Waals surface area contributed by atoms with E-state index in [9.17, 15) is 10.2 Å². The number of hydrogen-bond acceptors (Lipinski definition) is 5. The lowest BCUT2D eigenvalue weighted by Gasteiger charge is -2.04. The third kappa shape index (κ3) is 1.13. The van der Waals surface area contributed by atoms with Gasteiger partial charge in [0, 0.05) is 0 Å². The molecule has 6 nitrogen and oxygen atoms in total. The number of nitrogens with zero attached hydrogens (tertiary/aromatic N) is 2. The van der Waals surface area contributed by atoms with Crippen molar-refractivity contribution < 1.29 is 15.3 Å². The Bertz CT molecular complexity index is 453. The highest BCUT2D eigenvalue weighted by Crippen LogP contribution is 2.40. The van der Waals surface area contributed by atoms with Gasteiger partial charge in [-0.3, -0.25) is 5.10 Å². The van der Waals surface area contributed by atoms with Gasteiger partial charge in [0.15, 0.2) is 17.3 Å². The van der Waals surface area contributed by atoms with Gasteiger partial charge in [0.25, 0.3) is 0 Å². The van der Waals surface area contributed by atoms with Crippen LogP contribution < -0.4 is 0 Å². The van der Waals surface area contributed by atoms with Crippen molar-refractivity contribution in [2.45, 2.75) is 0 Å². The van der Waals surface area contributed by atoms with Gasteiger partial charge in [0.05, 0.1) is 5.56 Å². The normalized spacial score (nSPS) is 10.3. The molecule has 4 N–H and O–H groups in total. The number of phenolic OH excluding ortho intramolecular Hbond substituents is 3.